The summed E-state index contributed by atoms with van der Waals surface area (Å²) in [6, 6.07) is 34.6. The maximum atomic E-state index is 13.7. The summed E-state index contributed by atoms with van der Waals surface area (Å²) in [6.07, 6.45) is -4.17. The minimum atomic E-state index is -1.94. The number of hydrogen-bond donors (Lipinski definition) is 1. The zero-order chi connectivity index (χ0) is 53.3. The molecule has 0 amide bonds. The molecule has 20 nitrogen and oxygen atoms in total. The van der Waals surface area contributed by atoms with Gasteiger partial charge in [0.25, 0.3) is 0 Å². The predicted molar refractivity (Wildman–Crippen MR) is 253 cm³/mol. The fourth-order valence-electron chi connectivity index (χ4n) is 5.93. The second-order valence-electron chi connectivity index (χ2n) is 17.9. The summed E-state index contributed by atoms with van der Waals surface area (Å²) in [6.45, 7) is -0.343. The van der Waals surface area contributed by atoms with Crippen LogP contribution in [-0.4, -0.2) is 106 Å². The molecule has 20 heteroatoms. The molecule has 4 unspecified atom stereocenters. The molecular formula is C53H60O20. The second kappa shape index (κ2) is 28.1. The average Bonchev–Trinajstić information content (AvgIpc) is 3.41. The van der Waals surface area contributed by atoms with Crippen molar-refractivity contribution in [1.82, 2.24) is 0 Å². The van der Waals surface area contributed by atoms with Gasteiger partial charge in [0.2, 0.25) is 0 Å². The number of hydrogen-bond acceptors (Lipinski definition) is 20. The summed E-state index contributed by atoms with van der Waals surface area (Å²) in [4.78, 5) is 104. The minimum Gasteiger partial charge on any atom is -0.465 e. The van der Waals surface area contributed by atoms with Crippen LogP contribution in [0, 0.1) is 21.7 Å². The second-order valence-corrected chi connectivity index (χ2v) is 17.9. The number of carbonyl (C=O) groups excluding carboxylic acids is 8. The Morgan fingerprint density at radius 2 is 0.534 bits per heavy atom. The molecule has 0 saturated heterocycles. The van der Waals surface area contributed by atoms with E-state index in [1.54, 1.807) is 121 Å². The van der Waals surface area contributed by atoms with Crippen molar-refractivity contribution in [2.75, 3.05) is 52.9 Å². The normalized spacial score (nSPS) is 14.1. The van der Waals surface area contributed by atoms with Gasteiger partial charge in [0.15, 0.2) is 0 Å². The van der Waals surface area contributed by atoms with Gasteiger partial charge in [-0.15, -0.1) is 0 Å². The molecule has 392 valence electrons. The van der Waals surface area contributed by atoms with E-state index in [1.165, 1.54) is 27.7 Å². The van der Waals surface area contributed by atoms with Gasteiger partial charge in [-0.1, -0.05) is 121 Å². The minimum absolute atomic E-state index is 0.108. The van der Waals surface area contributed by atoms with E-state index in [2.05, 4.69) is 0 Å². The molecule has 0 heterocycles. The number of carbonyl (C=O) groups is 8. The molecule has 4 atom stereocenters. The molecule has 73 heavy (non-hydrogen) atoms. The lowest BCUT2D eigenvalue weighted by Gasteiger charge is -2.28. The van der Waals surface area contributed by atoms with Crippen LogP contribution in [0.1, 0.15) is 56.9 Å². The average molecular weight is 1020 g/mol. The van der Waals surface area contributed by atoms with Crippen molar-refractivity contribution in [3.8, 4) is 0 Å². The fraction of sp³-hybridized carbons (Fsp3) is 0.396. The number of ether oxygens (including phenoxy) is 11. The van der Waals surface area contributed by atoms with Crippen molar-refractivity contribution in [2.24, 2.45) is 21.7 Å². The molecule has 4 aromatic carbocycles. The van der Waals surface area contributed by atoms with Crippen LogP contribution in [0.3, 0.4) is 0 Å². The lowest BCUT2D eigenvalue weighted by molar-refractivity contribution is -0.167. The molecule has 0 fully saturated rings. The van der Waals surface area contributed by atoms with E-state index >= 15 is 0 Å². The van der Waals surface area contributed by atoms with Crippen LogP contribution >= 0.6 is 0 Å². The Balaban J connectivity index is 1.41. The van der Waals surface area contributed by atoms with Gasteiger partial charge < -0.3 is 57.2 Å². The highest BCUT2D eigenvalue weighted by Crippen LogP contribution is 2.27. The first-order chi connectivity index (χ1) is 34.8. The molecule has 0 spiro atoms. The molecule has 1 N–H and O–H groups in total. The Hall–Kier alpha value is -8.00. The van der Waals surface area contributed by atoms with Gasteiger partial charge in [-0.25, -0.2) is 14.4 Å². The van der Waals surface area contributed by atoms with Crippen molar-refractivity contribution in [2.45, 2.75) is 61.0 Å². The van der Waals surface area contributed by atoms with Gasteiger partial charge in [0, 0.05) is 6.92 Å². The molecule has 0 aliphatic rings. The zero-order valence-electron chi connectivity index (χ0n) is 41.2. The molecule has 0 saturated carbocycles. The van der Waals surface area contributed by atoms with E-state index in [0.29, 0.717) is 22.3 Å². The molecule has 0 aliphatic heterocycles. The van der Waals surface area contributed by atoms with Gasteiger partial charge in [-0.2, -0.15) is 0 Å². The highest BCUT2D eigenvalue weighted by Gasteiger charge is 2.43. The van der Waals surface area contributed by atoms with Crippen LogP contribution in [0.4, 0.5) is 14.4 Å². The van der Waals surface area contributed by atoms with Gasteiger partial charge in [-0.3, -0.25) is 24.0 Å². The first-order valence-corrected chi connectivity index (χ1v) is 22.8. The maximum absolute atomic E-state index is 13.7. The summed E-state index contributed by atoms with van der Waals surface area (Å²) < 4.78 is 58.3. The molecule has 4 aromatic rings. The van der Waals surface area contributed by atoms with E-state index in [4.69, 9.17) is 52.1 Å². The summed E-state index contributed by atoms with van der Waals surface area (Å²) >= 11 is 0. The zero-order valence-corrected chi connectivity index (χ0v) is 41.2. The maximum Gasteiger partial charge on any atom is 0.508 e. The third-order valence-corrected chi connectivity index (χ3v) is 10.8. The van der Waals surface area contributed by atoms with E-state index < -0.39 is 123 Å². The van der Waals surface area contributed by atoms with E-state index in [1.807, 2.05) is 0 Å². The van der Waals surface area contributed by atoms with Crippen LogP contribution in [0.25, 0.3) is 0 Å². The van der Waals surface area contributed by atoms with Crippen molar-refractivity contribution < 1.29 is 95.6 Å². The predicted octanol–water partition coefficient (Wildman–Crippen LogP) is 7.00. The smallest absolute Gasteiger partial charge is 0.465 e. The third-order valence-electron chi connectivity index (χ3n) is 10.8. The SMILES string of the molecule is CC(=O)OCC(C)(COC(=O)OCC(C)(COC(=O)OCC(C)(COC(=O)OCC(C)(CO)C(=O)OCc1ccccc1)C(=O)OCc1ccccc1)C(=O)OCc1ccccc1)C(=O)OCc1ccccc1. The summed E-state index contributed by atoms with van der Waals surface area (Å²) in [7, 11) is 0. The lowest BCUT2D eigenvalue weighted by atomic mass is 9.93. The van der Waals surface area contributed by atoms with Crippen molar-refractivity contribution in [1.29, 1.82) is 0 Å². The van der Waals surface area contributed by atoms with Crippen LogP contribution in [-0.2, 0) is 103 Å². The van der Waals surface area contributed by atoms with Crippen LogP contribution in [0.2, 0.25) is 0 Å². The van der Waals surface area contributed by atoms with Crippen LogP contribution < -0.4 is 0 Å². The van der Waals surface area contributed by atoms with E-state index in [0.717, 1.165) is 6.92 Å². The number of aliphatic hydroxyl groups is 1. The van der Waals surface area contributed by atoms with Gasteiger partial charge in [-0.05, 0) is 49.9 Å². The lowest BCUT2D eigenvalue weighted by Crippen LogP contribution is -2.43. The molecule has 0 bridgehead atoms. The quantitative estimate of drug-likeness (QED) is 0.0466. The number of esters is 5. The topological polar surface area (TPSA) is 258 Å². The molecular weight excluding hydrogens is 957 g/mol. The van der Waals surface area contributed by atoms with Gasteiger partial charge >= 0.3 is 48.3 Å². The van der Waals surface area contributed by atoms with E-state index in [-0.39, 0.29) is 26.4 Å². The standard InChI is InChI=1S/C53H60O20/c1-38(55)67-32-51(3,44(57)64-27-40-20-12-7-13-21-40)33-69-48(61)71-36-53(5,46(59)66-29-42-24-16-9-17-25-42)37-73-49(62)72-35-52(4,45(58)65-28-41-22-14-8-15-23-41)34-70-47(60)68-31-50(2,30-54)43(56)63-26-39-18-10-6-11-19-39/h6-25,54H,26-37H2,1-5H3. The Kier molecular flexibility index (Phi) is 22.2. The van der Waals surface area contributed by atoms with Crippen LogP contribution in [0.15, 0.2) is 121 Å². The summed E-state index contributed by atoms with van der Waals surface area (Å²) in [5.74, 6) is -4.43. The Morgan fingerprint density at radius 3 is 0.753 bits per heavy atom. The largest absolute Gasteiger partial charge is 0.508 e. The highest BCUT2D eigenvalue weighted by atomic mass is 16.7. The Bertz CT molecular complexity index is 2430. The number of rotatable bonds is 27. The summed E-state index contributed by atoms with van der Waals surface area (Å²) in [5.41, 5.74) is -4.72. The third kappa shape index (κ3) is 19.3. The Labute approximate surface area is 422 Å². The van der Waals surface area contributed by atoms with Crippen molar-refractivity contribution in [3.63, 3.8) is 0 Å². The van der Waals surface area contributed by atoms with Crippen LogP contribution in [0.5, 0.6) is 0 Å². The first kappa shape index (κ1) is 57.6. The van der Waals surface area contributed by atoms with Crippen molar-refractivity contribution in [3.05, 3.63) is 144 Å². The van der Waals surface area contributed by atoms with E-state index in [9.17, 15) is 43.5 Å². The number of benzene rings is 4. The summed E-state index contributed by atoms with van der Waals surface area (Å²) in [5, 5.41) is 10.0. The first-order valence-electron chi connectivity index (χ1n) is 22.8. The van der Waals surface area contributed by atoms with Crippen molar-refractivity contribution >= 4 is 48.3 Å². The van der Waals surface area contributed by atoms with Gasteiger partial charge in [0.05, 0.1) is 6.61 Å². The Morgan fingerprint density at radius 1 is 0.329 bits per heavy atom. The monoisotopic (exact) mass is 1020 g/mol. The number of aliphatic hydroxyl groups excluding tert-OH is 1. The molecule has 4 rings (SSSR count). The molecule has 0 radical (unpaired) electrons. The van der Waals surface area contributed by atoms with Gasteiger partial charge in [0.1, 0.15) is 94.3 Å². The fourth-order valence-corrected chi connectivity index (χ4v) is 5.93. The highest BCUT2D eigenvalue weighted by molar-refractivity contribution is 5.80. The molecule has 0 aliphatic carbocycles. The molecule has 0 aromatic heterocycles.